The van der Waals surface area contributed by atoms with Gasteiger partial charge in [-0.05, 0) is 0 Å². The van der Waals surface area contributed by atoms with E-state index in [0.29, 0.717) is 27.0 Å². The molecular formula is C10H7ClN2O2S. The van der Waals surface area contributed by atoms with Gasteiger partial charge in [-0.2, -0.15) is 5.26 Å². The van der Waals surface area contributed by atoms with Gasteiger partial charge in [-0.25, -0.2) is 4.98 Å². The summed E-state index contributed by atoms with van der Waals surface area (Å²) in [5.74, 6) is 1.06. The lowest BCUT2D eigenvalue weighted by molar-refractivity contribution is 0.410. The van der Waals surface area contributed by atoms with Crippen LogP contribution in [-0.2, 0) is 0 Å². The van der Waals surface area contributed by atoms with Crippen LogP contribution < -0.4 is 9.47 Å². The van der Waals surface area contributed by atoms with Gasteiger partial charge in [0, 0.05) is 6.07 Å². The minimum absolute atomic E-state index is 0.355. The van der Waals surface area contributed by atoms with Crippen molar-refractivity contribution in [2.24, 2.45) is 0 Å². The molecule has 0 unspecified atom stereocenters. The Labute approximate surface area is 101 Å². The summed E-state index contributed by atoms with van der Waals surface area (Å²) in [7, 11) is 3.06. The third kappa shape index (κ3) is 1.56. The van der Waals surface area contributed by atoms with Crippen LogP contribution in [0.3, 0.4) is 0 Å². The molecule has 0 amide bonds. The van der Waals surface area contributed by atoms with Crippen molar-refractivity contribution in [1.82, 2.24) is 4.98 Å². The normalized spacial score (nSPS) is 10.1. The highest BCUT2D eigenvalue weighted by molar-refractivity contribution is 7.19. The second-order valence-electron chi connectivity index (χ2n) is 2.90. The van der Waals surface area contributed by atoms with E-state index in [-0.39, 0.29) is 0 Å². The number of fused-ring (bicyclic) bond motifs is 1. The van der Waals surface area contributed by atoms with Crippen molar-refractivity contribution in [3.05, 3.63) is 16.1 Å². The minimum atomic E-state index is 0.355. The molecule has 0 spiro atoms. The molecule has 0 saturated carbocycles. The highest BCUT2D eigenvalue weighted by Gasteiger charge is 2.17. The number of aromatic nitrogens is 1. The number of hydrogen-bond acceptors (Lipinski definition) is 5. The third-order valence-corrected chi connectivity index (χ3v) is 3.30. The average molecular weight is 255 g/mol. The number of nitriles is 1. The summed E-state index contributed by atoms with van der Waals surface area (Å²) in [4.78, 5) is 4.15. The fourth-order valence-corrected chi connectivity index (χ4v) is 2.62. The Morgan fingerprint density at radius 2 is 2.19 bits per heavy atom. The highest BCUT2D eigenvalue weighted by Crippen LogP contribution is 2.41. The van der Waals surface area contributed by atoms with Crippen LogP contribution in [0.4, 0.5) is 0 Å². The third-order valence-electron chi connectivity index (χ3n) is 2.06. The maximum atomic E-state index is 8.82. The maximum Gasteiger partial charge on any atom is 0.195 e. The van der Waals surface area contributed by atoms with Crippen molar-refractivity contribution in [3.63, 3.8) is 0 Å². The molecule has 0 radical (unpaired) electrons. The van der Waals surface area contributed by atoms with Crippen LogP contribution in [-0.4, -0.2) is 19.2 Å². The van der Waals surface area contributed by atoms with E-state index in [9.17, 15) is 0 Å². The molecule has 0 aliphatic rings. The van der Waals surface area contributed by atoms with Crippen molar-refractivity contribution < 1.29 is 9.47 Å². The van der Waals surface area contributed by atoms with Crippen LogP contribution in [0.1, 0.15) is 5.01 Å². The van der Waals surface area contributed by atoms with E-state index in [0.717, 1.165) is 4.70 Å². The zero-order valence-electron chi connectivity index (χ0n) is 8.57. The quantitative estimate of drug-likeness (QED) is 0.827. The molecule has 0 aliphatic heterocycles. The van der Waals surface area contributed by atoms with Crippen LogP contribution in [0, 0.1) is 11.3 Å². The second-order valence-corrected chi connectivity index (χ2v) is 4.31. The fourth-order valence-electron chi connectivity index (χ4n) is 1.39. The zero-order chi connectivity index (χ0) is 11.7. The molecule has 82 valence electrons. The lowest BCUT2D eigenvalue weighted by atomic mass is 10.3. The molecule has 16 heavy (non-hydrogen) atoms. The van der Waals surface area contributed by atoms with Gasteiger partial charge in [0.05, 0.1) is 19.2 Å². The molecule has 0 fully saturated rings. The molecule has 2 rings (SSSR count). The summed E-state index contributed by atoms with van der Waals surface area (Å²) in [6, 6.07) is 3.62. The number of methoxy groups -OCH3 is 2. The molecule has 1 heterocycles. The molecule has 0 saturated heterocycles. The number of ether oxygens (including phenoxy) is 2. The summed E-state index contributed by atoms with van der Waals surface area (Å²) in [6.45, 7) is 0. The van der Waals surface area contributed by atoms with Crippen molar-refractivity contribution in [2.45, 2.75) is 0 Å². The topological polar surface area (TPSA) is 55.1 Å². The first-order chi connectivity index (χ1) is 7.71. The Bertz CT molecular complexity index is 588. The van der Waals surface area contributed by atoms with E-state index in [1.165, 1.54) is 25.6 Å². The SMILES string of the molecule is COc1cc(Cl)c(OC)c2sc(C#N)nc12. The molecule has 0 bridgehead atoms. The number of nitrogens with zero attached hydrogens (tertiary/aromatic N) is 2. The van der Waals surface area contributed by atoms with Gasteiger partial charge in [0.2, 0.25) is 0 Å². The monoisotopic (exact) mass is 254 g/mol. The van der Waals surface area contributed by atoms with Gasteiger partial charge in [-0.1, -0.05) is 22.9 Å². The largest absolute Gasteiger partial charge is 0.494 e. The Hall–Kier alpha value is -1.51. The van der Waals surface area contributed by atoms with Crippen LogP contribution in [0.2, 0.25) is 5.02 Å². The molecule has 2 aromatic rings. The van der Waals surface area contributed by atoms with E-state index >= 15 is 0 Å². The average Bonchev–Trinajstić information content (AvgIpc) is 2.71. The molecule has 1 aromatic heterocycles. The Balaban J connectivity index is 2.86. The summed E-state index contributed by atoms with van der Waals surface area (Å²) >= 11 is 7.26. The first kappa shape index (κ1) is 11.0. The number of benzene rings is 1. The van der Waals surface area contributed by atoms with Crippen LogP contribution >= 0.6 is 22.9 Å². The maximum absolute atomic E-state index is 8.82. The predicted molar refractivity (Wildman–Crippen MR) is 62.4 cm³/mol. The molecular weight excluding hydrogens is 248 g/mol. The van der Waals surface area contributed by atoms with Crippen molar-refractivity contribution in [2.75, 3.05) is 14.2 Å². The molecule has 0 atom stereocenters. The van der Waals surface area contributed by atoms with Gasteiger partial charge in [0.25, 0.3) is 0 Å². The summed E-state index contributed by atoms with van der Waals surface area (Å²) in [6.07, 6.45) is 0. The first-order valence-electron chi connectivity index (χ1n) is 4.32. The molecule has 6 heteroatoms. The second kappa shape index (κ2) is 4.16. The van der Waals surface area contributed by atoms with Crippen LogP contribution in [0.15, 0.2) is 6.07 Å². The molecule has 1 aromatic carbocycles. The Morgan fingerprint density at radius 3 is 2.75 bits per heavy atom. The number of thiazole rings is 1. The van der Waals surface area contributed by atoms with Crippen molar-refractivity contribution in [1.29, 1.82) is 5.26 Å². The summed E-state index contributed by atoms with van der Waals surface area (Å²) in [5, 5.41) is 9.62. The standard InChI is InChI=1S/C10H7ClN2O2S/c1-14-6-3-5(11)9(15-2)10-8(6)13-7(4-12)16-10/h3H,1-2H3. The summed E-state index contributed by atoms with van der Waals surface area (Å²) < 4.78 is 11.1. The zero-order valence-corrected chi connectivity index (χ0v) is 10.1. The molecule has 0 N–H and O–H groups in total. The van der Waals surface area contributed by atoms with Gasteiger partial charge < -0.3 is 9.47 Å². The van der Waals surface area contributed by atoms with Gasteiger partial charge >= 0.3 is 0 Å². The van der Waals surface area contributed by atoms with Crippen molar-refractivity contribution in [3.8, 4) is 17.6 Å². The smallest absolute Gasteiger partial charge is 0.195 e. The fraction of sp³-hybridized carbons (Fsp3) is 0.200. The first-order valence-corrected chi connectivity index (χ1v) is 5.51. The van der Waals surface area contributed by atoms with E-state index in [1.54, 1.807) is 6.07 Å². The highest BCUT2D eigenvalue weighted by atomic mass is 35.5. The predicted octanol–water partition coefficient (Wildman–Crippen LogP) is 2.84. The minimum Gasteiger partial charge on any atom is -0.494 e. The van der Waals surface area contributed by atoms with Gasteiger partial charge in [0.15, 0.2) is 10.8 Å². The Morgan fingerprint density at radius 1 is 1.44 bits per heavy atom. The van der Waals surface area contributed by atoms with E-state index in [4.69, 9.17) is 26.3 Å². The van der Waals surface area contributed by atoms with E-state index in [1.807, 2.05) is 6.07 Å². The van der Waals surface area contributed by atoms with Gasteiger partial charge in [-0.15, -0.1) is 0 Å². The molecule has 0 aliphatic carbocycles. The Kier molecular flexibility index (Phi) is 2.86. The summed E-state index contributed by atoms with van der Waals surface area (Å²) in [5.41, 5.74) is 0.602. The van der Waals surface area contributed by atoms with E-state index < -0.39 is 0 Å². The number of halogens is 1. The van der Waals surface area contributed by atoms with Gasteiger partial charge in [0.1, 0.15) is 22.0 Å². The lowest BCUT2D eigenvalue weighted by Gasteiger charge is -2.06. The van der Waals surface area contributed by atoms with Gasteiger partial charge in [-0.3, -0.25) is 0 Å². The lowest BCUT2D eigenvalue weighted by Crippen LogP contribution is -1.89. The van der Waals surface area contributed by atoms with Crippen molar-refractivity contribution >= 4 is 33.2 Å². The number of hydrogen-bond donors (Lipinski definition) is 0. The van der Waals surface area contributed by atoms with E-state index in [2.05, 4.69) is 4.98 Å². The number of rotatable bonds is 2. The van der Waals surface area contributed by atoms with Crippen LogP contribution in [0.5, 0.6) is 11.5 Å². The molecule has 4 nitrogen and oxygen atoms in total. The van der Waals surface area contributed by atoms with Crippen LogP contribution in [0.25, 0.3) is 10.2 Å².